The van der Waals surface area contributed by atoms with Crippen LogP contribution in [0, 0.1) is 0 Å². The zero-order chi connectivity index (χ0) is 18.0. The molecule has 1 aromatic carbocycles. The maximum atomic E-state index is 12.0. The lowest BCUT2D eigenvalue weighted by atomic mass is 9.96. The first-order valence-corrected chi connectivity index (χ1v) is 8.44. The number of carbonyl (C=O) groups is 1. The minimum Gasteiger partial charge on any atom is -0.460 e. The second-order valence-electron chi connectivity index (χ2n) is 7.28. The molecular formula is C20H23N3O2. The van der Waals surface area contributed by atoms with Gasteiger partial charge in [0.25, 0.3) is 0 Å². The summed E-state index contributed by atoms with van der Waals surface area (Å²) in [6.45, 7) is 7.68. The van der Waals surface area contributed by atoms with Crippen molar-refractivity contribution in [1.82, 2.24) is 15.0 Å². The van der Waals surface area contributed by atoms with Crippen LogP contribution in [0.15, 0.2) is 42.9 Å². The fourth-order valence-corrected chi connectivity index (χ4v) is 2.82. The Balaban J connectivity index is 1.76. The minimum atomic E-state index is -0.449. The molecule has 0 aliphatic carbocycles. The van der Waals surface area contributed by atoms with Gasteiger partial charge in [0.05, 0.1) is 12.1 Å². The summed E-state index contributed by atoms with van der Waals surface area (Å²) in [6, 6.07) is 10.1. The minimum absolute atomic E-state index is 0.0987. The molecule has 0 fully saturated rings. The molecule has 0 amide bonds. The van der Waals surface area contributed by atoms with Crippen molar-refractivity contribution in [3.63, 3.8) is 0 Å². The molecule has 0 saturated heterocycles. The lowest BCUT2D eigenvalue weighted by Crippen LogP contribution is -2.24. The predicted molar refractivity (Wildman–Crippen MR) is 98.2 cm³/mol. The highest BCUT2D eigenvalue weighted by atomic mass is 16.6. The number of ether oxygens (including phenoxy) is 1. The molecule has 1 unspecified atom stereocenters. The average Bonchev–Trinajstić information content (AvgIpc) is 3.01. The molecular weight excluding hydrogens is 314 g/mol. The number of aromatic amines is 1. The number of H-pyrrole nitrogens is 1. The van der Waals surface area contributed by atoms with Crippen molar-refractivity contribution in [3.8, 4) is 11.3 Å². The zero-order valence-electron chi connectivity index (χ0n) is 15.0. The third-order valence-corrected chi connectivity index (χ3v) is 4.00. The number of fused-ring (bicyclic) bond motifs is 1. The summed E-state index contributed by atoms with van der Waals surface area (Å²) in [7, 11) is 0. The number of rotatable bonds is 4. The average molecular weight is 337 g/mol. The van der Waals surface area contributed by atoms with E-state index in [1.165, 1.54) is 0 Å². The highest BCUT2D eigenvalue weighted by molar-refractivity contribution is 5.90. The van der Waals surface area contributed by atoms with Crippen LogP contribution in [0.5, 0.6) is 0 Å². The van der Waals surface area contributed by atoms with Crippen molar-refractivity contribution in [3.05, 3.63) is 48.4 Å². The van der Waals surface area contributed by atoms with Crippen molar-refractivity contribution in [2.75, 3.05) is 0 Å². The van der Waals surface area contributed by atoms with Gasteiger partial charge in [-0.25, -0.2) is 9.97 Å². The van der Waals surface area contributed by atoms with Crippen LogP contribution < -0.4 is 0 Å². The van der Waals surface area contributed by atoms with Crippen molar-refractivity contribution < 1.29 is 9.53 Å². The number of carbonyl (C=O) groups excluding carboxylic acids is 1. The smallest absolute Gasteiger partial charge is 0.306 e. The second-order valence-corrected chi connectivity index (χ2v) is 7.28. The van der Waals surface area contributed by atoms with Crippen LogP contribution in [-0.4, -0.2) is 26.5 Å². The highest BCUT2D eigenvalue weighted by Crippen LogP contribution is 2.27. The lowest BCUT2D eigenvalue weighted by molar-refractivity contribution is -0.155. The van der Waals surface area contributed by atoms with Gasteiger partial charge in [0.15, 0.2) is 0 Å². The Morgan fingerprint density at radius 3 is 2.56 bits per heavy atom. The van der Waals surface area contributed by atoms with Crippen LogP contribution in [0.1, 0.15) is 45.6 Å². The Labute approximate surface area is 147 Å². The third-order valence-electron chi connectivity index (χ3n) is 4.00. The summed E-state index contributed by atoms with van der Waals surface area (Å²) in [5.74, 6) is -0.0736. The standard InChI is InChI=1S/C20H23N3O2/c1-13(11-17(24)25-20(2,3)4)14-5-7-15(8-6-14)18-16-9-10-21-19(16)23-12-22-18/h5-10,12-13H,11H2,1-4H3,(H,21,22,23). The number of nitrogens with one attached hydrogen (secondary N) is 1. The molecule has 0 bridgehead atoms. The van der Waals surface area contributed by atoms with Crippen molar-refractivity contribution in [2.24, 2.45) is 0 Å². The molecule has 0 aliphatic rings. The molecule has 1 N–H and O–H groups in total. The first-order chi connectivity index (χ1) is 11.8. The zero-order valence-corrected chi connectivity index (χ0v) is 15.0. The summed E-state index contributed by atoms with van der Waals surface area (Å²) in [5, 5.41) is 0.997. The summed E-state index contributed by atoms with van der Waals surface area (Å²) in [5.41, 5.74) is 3.41. The molecule has 0 spiro atoms. The SMILES string of the molecule is CC(CC(=O)OC(C)(C)C)c1ccc(-c2ncnc3[nH]ccc23)cc1. The number of hydrogen-bond donors (Lipinski definition) is 1. The number of nitrogens with zero attached hydrogens (tertiary/aromatic N) is 2. The largest absolute Gasteiger partial charge is 0.460 e. The van der Waals surface area contributed by atoms with Crippen molar-refractivity contribution in [1.29, 1.82) is 0 Å². The van der Waals surface area contributed by atoms with Gasteiger partial charge in [-0.2, -0.15) is 0 Å². The van der Waals surface area contributed by atoms with Gasteiger partial charge >= 0.3 is 5.97 Å². The summed E-state index contributed by atoms with van der Waals surface area (Å²) < 4.78 is 5.40. The first-order valence-electron chi connectivity index (χ1n) is 8.44. The Morgan fingerprint density at radius 1 is 1.16 bits per heavy atom. The first kappa shape index (κ1) is 17.1. The summed E-state index contributed by atoms with van der Waals surface area (Å²) in [4.78, 5) is 23.7. The van der Waals surface area contributed by atoms with Gasteiger partial charge in [-0.1, -0.05) is 31.2 Å². The van der Waals surface area contributed by atoms with Crippen LogP contribution in [0.2, 0.25) is 0 Å². The molecule has 0 radical (unpaired) electrons. The van der Waals surface area contributed by atoms with Gasteiger partial charge in [-0.05, 0) is 38.3 Å². The quantitative estimate of drug-likeness (QED) is 0.714. The summed E-state index contributed by atoms with van der Waals surface area (Å²) >= 11 is 0. The predicted octanol–water partition coefficient (Wildman–Crippen LogP) is 4.46. The molecule has 5 nitrogen and oxygen atoms in total. The van der Waals surface area contributed by atoms with Gasteiger partial charge in [0.2, 0.25) is 0 Å². The Kier molecular flexibility index (Phi) is 4.57. The van der Waals surface area contributed by atoms with Crippen LogP contribution >= 0.6 is 0 Å². The van der Waals surface area contributed by atoms with Gasteiger partial charge in [-0.3, -0.25) is 4.79 Å². The molecule has 0 aliphatic heterocycles. The van der Waals surface area contributed by atoms with Crippen molar-refractivity contribution >= 4 is 17.0 Å². The Hall–Kier alpha value is -2.69. The maximum absolute atomic E-state index is 12.0. The number of aromatic nitrogens is 3. The molecule has 0 saturated carbocycles. The van der Waals surface area contributed by atoms with E-state index in [2.05, 4.69) is 15.0 Å². The van der Waals surface area contributed by atoms with Gasteiger partial charge in [0, 0.05) is 17.1 Å². The van der Waals surface area contributed by atoms with E-state index in [0.29, 0.717) is 6.42 Å². The highest BCUT2D eigenvalue weighted by Gasteiger charge is 2.19. The Morgan fingerprint density at radius 2 is 1.88 bits per heavy atom. The molecule has 3 aromatic rings. The number of esters is 1. The molecule has 2 heterocycles. The molecule has 5 heteroatoms. The van der Waals surface area contributed by atoms with Gasteiger partial charge in [-0.15, -0.1) is 0 Å². The van der Waals surface area contributed by atoms with Gasteiger partial charge < -0.3 is 9.72 Å². The van der Waals surface area contributed by atoms with Crippen LogP contribution in [0.3, 0.4) is 0 Å². The summed E-state index contributed by atoms with van der Waals surface area (Å²) in [6.07, 6.45) is 3.79. The van der Waals surface area contributed by atoms with Gasteiger partial charge in [0.1, 0.15) is 17.6 Å². The fraction of sp³-hybridized carbons (Fsp3) is 0.350. The van der Waals surface area contributed by atoms with E-state index in [4.69, 9.17) is 4.74 Å². The van der Waals surface area contributed by atoms with E-state index in [0.717, 1.165) is 27.9 Å². The van der Waals surface area contributed by atoms with E-state index in [1.807, 2.05) is 64.2 Å². The van der Waals surface area contributed by atoms with E-state index in [-0.39, 0.29) is 11.9 Å². The number of benzene rings is 1. The van der Waals surface area contributed by atoms with E-state index in [9.17, 15) is 4.79 Å². The lowest BCUT2D eigenvalue weighted by Gasteiger charge is -2.21. The van der Waals surface area contributed by atoms with Crippen LogP contribution in [0.25, 0.3) is 22.3 Å². The second kappa shape index (κ2) is 6.67. The third kappa shape index (κ3) is 4.05. The van der Waals surface area contributed by atoms with E-state index < -0.39 is 5.60 Å². The number of hydrogen-bond acceptors (Lipinski definition) is 4. The van der Waals surface area contributed by atoms with Crippen LogP contribution in [-0.2, 0) is 9.53 Å². The maximum Gasteiger partial charge on any atom is 0.306 e. The molecule has 1 atom stereocenters. The van der Waals surface area contributed by atoms with Crippen molar-refractivity contribution in [2.45, 2.75) is 45.6 Å². The monoisotopic (exact) mass is 337 g/mol. The fourth-order valence-electron chi connectivity index (χ4n) is 2.82. The molecule has 25 heavy (non-hydrogen) atoms. The molecule has 2 aromatic heterocycles. The van der Waals surface area contributed by atoms with E-state index in [1.54, 1.807) is 6.33 Å². The van der Waals surface area contributed by atoms with Crippen LogP contribution in [0.4, 0.5) is 0 Å². The normalized spacial score (nSPS) is 13.0. The molecule has 3 rings (SSSR count). The topological polar surface area (TPSA) is 67.9 Å². The molecule has 130 valence electrons. The van der Waals surface area contributed by atoms with E-state index >= 15 is 0 Å². The Bertz CT molecular complexity index is 876.